The number of aromatic nitrogens is 1. The fourth-order valence-electron chi connectivity index (χ4n) is 1.70. The fourth-order valence-corrected chi connectivity index (χ4v) is 1.70. The summed E-state index contributed by atoms with van der Waals surface area (Å²) in [5.74, 6) is -0.765. The Balaban J connectivity index is 2.20. The van der Waals surface area contributed by atoms with Crippen LogP contribution in [0.2, 0.25) is 0 Å². The van der Waals surface area contributed by atoms with Crippen molar-refractivity contribution in [2.24, 2.45) is 0 Å². The molecule has 86 valence electrons. The average Bonchev–Trinajstić information content (AvgIpc) is 2.38. The monoisotopic (exact) mass is 227 g/mol. The lowest BCUT2D eigenvalue weighted by Crippen LogP contribution is -1.97. The van der Waals surface area contributed by atoms with E-state index in [0.29, 0.717) is 6.42 Å². The van der Waals surface area contributed by atoms with Gasteiger partial charge in [-0.25, -0.2) is 0 Å². The highest BCUT2D eigenvalue weighted by Gasteiger charge is 2.01. The summed E-state index contributed by atoms with van der Waals surface area (Å²) in [7, 11) is 0. The van der Waals surface area contributed by atoms with Crippen molar-refractivity contribution in [1.82, 2.24) is 4.98 Å². The quantitative estimate of drug-likeness (QED) is 0.873. The summed E-state index contributed by atoms with van der Waals surface area (Å²) in [5.41, 5.74) is 3.23. The molecule has 1 aromatic heterocycles. The molecule has 0 saturated carbocycles. The molecule has 2 rings (SSSR count). The van der Waals surface area contributed by atoms with Gasteiger partial charge in [0.1, 0.15) is 0 Å². The lowest BCUT2D eigenvalue weighted by Gasteiger charge is -2.04. The molecule has 0 amide bonds. The Kier molecular flexibility index (Phi) is 3.50. The second kappa shape index (κ2) is 5.25. The first-order valence-electron chi connectivity index (χ1n) is 5.47. The fraction of sp³-hybridized carbons (Fsp3) is 0.143. The summed E-state index contributed by atoms with van der Waals surface area (Å²) in [5, 5.41) is 8.65. The summed E-state index contributed by atoms with van der Waals surface area (Å²) < 4.78 is 0. The van der Waals surface area contributed by atoms with E-state index in [4.69, 9.17) is 5.11 Å². The van der Waals surface area contributed by atoms with Crippen molar-refractivity contribution >= 4 is 5.97 Å². The van der Waals surface area contributed by atoms with Crippen LogP contribution >= 0.6 is 0 Å². The molecule has 0 bridgehead atoms. The van der Waals surface area contributed by atoms with Gasteiger partial charge in [-0.2, -0.15) is 0 Å². The van der Waals surface area contributed by atoms with Crippen LogP contribution in [0.4, 0.5) is 0 Å². The van der Waals surface area contributed by atoms with E-state index in [1.54, 1.807) is 12.4 Å². The van der Waals surface area contributed by atoms with Gasteiger partial charge in [-0.1, -0.05) is 24.3 Å². The molecule has 0 saturated heterocycles. The van der Waals surface area contributed by atoms with Crippen LogP contribution in [0.15, 0.2) is 48.8 Å². The highest BCUT2D eigenvalue weighted by molar-refractivity contribution is 5.67. The van der Waals surface area contributed by atoms with Gasteiger partial charge in [-0.05, 0) is 35.2 Å². The first-order chi connectivity index (χ1) is 8.25. The predicted molar refractivity (Wildman–Crippen MR) is 65.6 cm³/mol. The van der Waals surface area contributed by atoms with Crippen LogP contribution in [-0.2, 0) is 11.2 Å². The SMILES string of the molecule is O=C(O)CCc1cccc(-c2ccncc2)c1. The van der Waals surface area contributed by atoms with E-state index in [2.05, 4.69) is 4.98 Å². The molecule has 17 heavy (non-hydrogen) atoms. The van der Waals surface area contributed by atoms with Crippen LogP contribution in [-0.4, -0.2) is 16.1 Å². The molecule has 1 aromatic carbocycles. The Morgan fingerprint density at radius 2 is 1.88 bits per heavy atom. The first-order valence-corrected chi connectivity index (χ1v) is 5.47. The van der Waals surface area contributed by atoms with Crippen molar-refractivity contribution < 1.29 is 9.90 Å². The molecule has 0 spiro atoms. The topological polar surface area (TPSA) is 50.2 Å². The lowest BCUT2D eigenvalue weighted by atomic mass is 10.0. The van der Waals surface area contributed by atoms with Crippen LogP contribution in [0.1, 0.15) is 12.0 Å². The predicted octanol–water partition coefficient (Wildman–Crippen LogP) is 2.77. The second-order valence-electron chi connectivity index (χ2n) is 3.83. The number of nitrogens with zero attached hydrogens (tertiary/aromatic N) is 1. The van der Waals surface area contributed by atoms with E-state index in [1.165, 1.54) is 0 Å². The Morgan fingerprint density at radius 1 is 1.12 bits per heavy atom. The van der Waals surface area contributed by atoms with Gasteiger partial charge in [0.15, 0.2) is 0 Å². The van der Waals surface area contributed by atoms with Crippen molar-refractivity contribution in [3.8, 4) is 11.1 Å². The van der Waals surface area contributed by atoms with Gasteiger partial charge in [-0.15, -0.1) is 0 Å². The molecule has 1 N–H and O–H groups in total. The molecule has 0 unspecified atom stereocenters. The highest BCUT2D eigenvalue weighted by Crippen LogP contribution is 2.19. The van der Waals surface area contributed by atoms with Crippen molar-refractivity contribution in [3.05, 3.63) is 54.4 Å². The largest absolute Gasteiger partial charge is 0.481 e. The zero-order valence-electron chi connectivity index (χ0n) is 9.34. The normalized spacial score (nSPS) is 10.1. The maximum Gasteiger partial charge on any atom is 0.303 e. The van der Waals surface area contributed by atoms with Crippen molar-refractivity contribution in [1.29, 1.82) is 0 Å². The molecule has 3 nitrogen and oxygen atoms in total. The molecule has 0 atom stereocenters. The molecular formula is C14H13NO2. The first kappa shape index (κ1) is 11.3. The number of pyridine rings is 1. The Morgan fingerprint density at radius 3 is 2.59 bits per heavy atom. The van der Waals surface area contributed by atoms with Gasteiger partial charge < -0.3 is 5.11 Å². The summed E-state index contributed by atoms with van der Waals surface area (Å²) in [6, 6.07) is 11.8. The summed E-state index contributed by atoms with van der Waals surface area (Å²) >= 11 is 0. The van der Waals surface area contributed by atoms with E-state index in [0.717, 1.165) is 16.7 Å². The number of aliphatic carboxylic acids is 1. The second-order valence-corrected chi connectivity index (χ2v) is 3.83. The number of benzene rings is 1. The van der Waals surface area contributed by atoms with Gasteiger partial charge >= 0.3 is 5.97 Å². The van der Waals surface area contributed by atoms with E-state index in [-0.39, 0.29) is 6.42 Å². The standard InChI is InChI=1S/C14H13NO2/c16-14(17)5-4-11-2-1-3-13(10-11)12-6-8-15-9-7-12/h1-3,6-10H,4-5H2,(H,16,17). The third kappa shape index (κ3) is 3.14. The zero-order valence-corrected chi connectivity index (χ0v) is 9.34. The number of carboxylic acid groups (broad SMARTS) is 1. The molecule has 0 aliphatic heterocycles. The van der Waals surface area contributed by atoms with Crippen molar-refractivity contribution in [2.75, 3.05) is 0 Å². The summed E-state index contributed by atoms with van der Waals surface area (Å²) in [6.07, 6.45) is 4.23. The van der Waals surface area contributed by atoms with Crippen LogP contribution in [0.25, 0.3) is 11.1 Å². The van der Waals surface area contributed by atoms with Gasteiger partial charge in [-0.3, -0.25) is 9.78 Å². The lowest BCUT2D eigenvalue weighted by molar-refractivity contribution is -0.136. The van der Waals surface area contributed by atoms with E-state index < -0.39 is 5.97 Å². The van der Waals surface area contributed by atoms with Crippen LogP contribution in [0, 0.1) is 0 Å². The highest BCUT2D eigenvalue weighted by atomic mass is 16.4. The third-order valence-electron chi connectivity index (χ3n) is 2.57. The Bertz CT molecular complexity index is 509. The Hall–Kier alpha value is -2.16. The number of carbonyl (C=O) groups is 1. The van der Waals surface area contributed by atoms with Gasteiger partial charge in [0.25, 0.3) is 0 Å². The number of hydrogen-bond donors (Lipinski definition) is 1. The van der Waals surface area contributed by atoms with Crippen LogP contribution < -0.4 is 0 Å². The van der Waals surface area contributed by atoms with E-state index >= 15 is 0 Å². The molecule has 2 aromatic rings. The molecular weight excluding hydrogens is 214 g/mol. The zero-order chi connectivity index (χ0) is 12.1. The smallest absolute Gasteiger partial charge is 0.303 e. The van der Waals surface area contributed by atoms with Crippen molar-refractivity contribution in [3.63, 3.8) is 0 Å². The molecule has 3 heteroatoms. The average molecular weight is 227 g/mol. The minimum absolute atomic E-state index is 0.166. The van der Waals surface area contributed by atoms with Gasteiger partial charge in [0.05, 0.1) is 0 Å². The summed E-state index contributed by atoms with van der Waals surface area (Å²) in [4.78, 5) is 14.5. The molecule has 0 aliphatic carbocycles. The Labute approximate surface area is 99.8 Å². The van der Waals surface area contributed by atoms with Crippen LogP contribution in [0.3, 0.4) is 0 Å². The number of rotatable bonds is 4. The summed E-state index contributed by atoms with van der Waals surface area (Å²) in [6.45, 7) is 0. The minimum atomic E-state index is -0.765. The number of carboxylic acids is 1. The maximum atomic E-state index is 10.5. The van der Waals surface area contributed by atoms with Crippen molar-refractivity contribution in [2.45, 2.75) is 12.8 Å². The number of aryl methyl sites for hydroxylation is 1. The van der Waals surface area contributed by atoms with E-state index in [9.17, 15) is 4.79 Å². The van der Waals surface area contributed by atoms with Crippen LogP contribution in [0.5, 0.6) is 0 Å². The molecule has 0 radical (unpaired) electrons. The minimum Gasteiger partial charge on any atom is -0.481 e. The number of hydrogen-bond acceptors (Lipinski definition) is 2. The molecule has 1 heterocycles. The van der Waals surface area contributed by atoms with Gasteiger partial charge in [0.2, 0.25) is 0 Å². The molecule has 0 fully saturated rings. The molecule has 0 aliphatic rings. The maximum absolute atomic E-state index is 10.5. The van der Waals surface area contributed by atoms with Gasteiger partial charge in [0, 0.05) is 18.8 Å². The third-order valence-corrected chi connectivity index (χ3v) is 2.57. The van der Waals surface area contributed by atoms with E-state index in [1.807, 2.05) is 36.4 Å².